The second-order valence-corrected chi connectivity index (χ2v) is 8.03. The molecule has 0 aromatic heterocycles. The van der Waals surface area contributed by atoms with Gasteiger partial charge in [0.05, 0.1) is 12.1 Å². The van der Waals surface area contributed by atoms with E-state index in [2.05, 4.69) is 10.6 Å². The van der Waals surface area contributed by atoms with Crippen LogP contribution in [0.15, 0.2) is 83.8 Å². The van der Waals surface area contributed by atoms with E-state index in [4.69, 9.17) is 5.11 Å². The Kier molecular flexibility index (Phi) is 7.99. The lowest BCUT2D eigenvalue weighted by atomic mass is 10.1. The largest absolute Gasteiger partial charge is 0.481 e. The highest BCUT2D eigenvalue weighted by Gasteiger charge is 2.23. The van der Waals surface area contributed by atoms with Crippen LogP contribution in [0.3, 0.4) is 0 Å². The molecule has 164 valence electrons. The number of carboxylic acid groups (broad SMARTS) is 1. The maximum Gasteiger partial charge on any atom is 0.303 e. The number of aliphatic carboxylic acids is 1. The summed E-state index contributed by atoms with van der Waals surface area (Å²) in [6.07, 6.45) is -0.392. The fourth-order valence-corrected chi connectivity index (χ4v) is 3.97. The van der Waals surface area contributed by atoms with Gasteiger partial charge in [-0.05, 0) is 35.9 Å². The maximum absolute atomic E-state index is 14.0. The minimum atomic E-state index is -1.05. The lowest BCUT2D eigenvalue weighted by Gasteiger charge is -2.18. The van der Waals surface area contributed by atoms with E-state index in [9.17, 15) is 18.8 Å². The van der Waals surface area contributed by atoms with Crippen LogP contribution in [0.2, 0.25) is 0 Å². The quantitative estimate of drug-likeness (QED) is 0.393. The molecule has 0 saturated heterocycles. The molecule has 0 aliphatic rings. The van der Waals surface area contributed by atoms with Crippen molar-refractivity contribution in [2.75, 3.05) is 10.6 Å². The summed E-state index contributed by atoms with van der Waals surface area (Å²) in [4.78, 5) is 36.3. The van der Waals surface area contributed by atoms with Crippen LogP contribution in [0.5, 0.6) is 0 Å². The number of hydrogen-bond acceptors (Lipinski definition) is 4. The number of rotatable bonds is 9. The maximum atomic E-state index is 14.0. The van der Waals surface area contributed by atoms with Crippen molar-refractivity contribution in [3.8, 4) is 0 Å². The summed E-state index contributed by atoms with van der Waals surface area (Å²) in [6.45, 7) is 0. The number of benzene rings is 3. The van der Waals surface area contributed by atoms with Crippen molar-refractivity contribution in [1.82, 2.24) is 0 Å². The summed E-state index contributed by atoms with van der Waals surface area (Å²) in [7, 11) is 0. The molecule has 3 aromatic rings. The van der Waals surface area contributed by atoms with Gasteiger partial charge in [0.1, 0.15) is 11.1 Å². The average Bonchev–Trinajstić information content (AvgIpc) is 2.78. The van der Waals surface area contributed by atoms with E-state index in [0.717, 1.165) is 5.56 Å². The third-order valence-electron chi connectivity index (χ3n) is 4.41. The monoisotopic (exact) mass is 452 g/mol. The van der Waals surface area contributed by atoms with E-state index in [1.807, 2.05) is 30.3 Å². The number of carbonyl (C=O) groups is 3. The fraction of sp³-hybridized carbons (Fsp3) is 0.125. The first-order chi connectivity index (χ1) is 15.4. The molecule has 0 aliphatic carbocycles. The Labute approximate surface area is 188 Å². The van der Waals surface area contributed by atoms with Gasteiger partial charge in [-0.25, -0.2) is 4.39 Å². The zero-order valence-corrected chi connectivity index (χ0v) is 17.8. The van der Waals surface area contributed by atoms with Gasteiger partial charge in [0.25, 0.3) is 0 Å². The highest BCUT2D eigenvalue weighted by atomic mass is 32.2. The van der Waals surface area contributed by atoms with Gasteiger partial charge in [-0.2, -0.15) is 0 Å². The van der Waals surface area contributed by atoms with Crippen LogP contribution in [0.25, 0.3) is 0 Å². The summed E-state index contributed by atoms with van der Waals surface area (Å²) in [5.41, 5.74) is 1.33. The van der Waals surface area contributed by atoms with Crippen molar-refractivity contribution in [2.45, 2.75) is 23.0 Å². The third kappa shape index (κ3) is 6.68. The highest BCUT2D eigenvalue weighted by molar-refractivity contribution is 8.00. The summed E-state index contributed by atoms with van der Waals surface area (Å²) < 4.78 is 14.0. The summed E-state index contributed by atoms with van der Waals surface area (Å²) in [5, 5.41) is 13.3. The van der Waals surface area contributed by atoms with Crippen LogP contribution in [0.4, 0.5) is 15.8 Å². The molecule has 0 fully saturated rings. The molecule has 3 rings (SSSR count). The first kappa shape index (κ1) is 23.0. The van der Waals surface area contributed by atoms with Crippen molar-refractivity contribution in [2.24, 2.45) is 0 Å². The molecular formula is C24H21FN2O4S. The number of amides is 2. The van der Waals surface area contributed by atoms with E-state index >= 15 is 0 Å². The molecule has 1 unspecified atom stereocenters. The Morgan fingerprint density at radius 1 is 0.875 bits per heavy atom. The van der Waals surface area contributed by atoms with Gasteiger partial charge in [-0.15, -0.1) is 11.8 Å². The van der Waals surface area contributed by atoms with Crippen molar-refractivity contribution in [3.63, 3.8) is 0 Å². The Morgan fingerprint density at radius 3 is 2.31 bits per heavy atom. The van der Waals surface area contributed by atoms with Crippen LogP contribution < -0.4 is 10.6 Å². The Balaban J connectivity index is 1.78. The normalized spacial score (nSPS) is 11.4. The Bertz CT molecular complexity index is 1110. The average molecular weight is 453 g/mol. The number of hydrogen-bond donors (Lipinski definition) is 3. The second kappa shape index (κ2) is 11.1. The molecule has 32 heavy (non-hydrogen) atoms. The van der Waals surface area contributed by atoms with Crippen molar-refractivity contribution in [1.29, 1.82) is 0 Å². The van der Waals surface area contributed by atoms with E-state index < -0.39 is 22.9 Å². The van der Waals surface area contributed by atoms with Crippen LogP contribution in [-0.2, 0) is 14.4 Å². The smallest absolute Gasteiger partial charge is 0.303 e. The summed E-state index contributed by atoms with van der Waals surface area (Å²) in [6, 6.07) is 22.0. The lowest BCUT2D eigenvalue weighted by molar-refractivity contribution is -0.138. The Morgan fingerprint density at radius 2 is 1.59 bits per heavy atom. The van der Waals surface area contributed by atoms with E-state index in [1.54, 1.807) is 36.4 Å². The number of nitrogens with one attached hydrogen (secondary N) is 2. The van der Waals surface area contributed by atoms with Gasteiger partial charge in [0.15, 0.2) is 0 Å². The van der Waals surface area contributed by atoms with E-state index in [0.29, 0.717) is 10.6 Å². The van der Waals surface area contributed by atoms with Crippen molar-refractivity contribution < 1.29 is 23.9 Å². The lowest BCUT2D eigenvalue weighted by Crippen LogP contribution is -2.19. The molecule has 3 N–H and O–H groups in total. The highest BCUT2D eigenvalue weighted by Crippen LogP contribution is 2.37. The molecular weight excluding hydrogens is 431 g/mol. The van der Waals surface area contributed by atoms with Gasteiger partial charge < -0.3 is 15.7 Å². The number of carbonyl (C=O) groups excluding carboxylic acids is 2. The Hall–Kier alpha value is -3.65. The number of anilines is 2. The molecule has 2 amide bonds. The topological polar surface area (TPSA) is 95.5 Å². The van der Waals surface area contributed by atoms with Crippen LogP contribution in [0.1, 0.15) is 23.7 Å². The van der Waals surface area contributed by atoms with Crippen molar-refractivity contribution in [3.05, 3.63) is 90.2 Å². The molecule has 0 bridgehead atoms. The zero-order valence-electron chi connectivity index (χ0n) is 17.0. The van der Waals surface area contributed by atoms with Gasteiger partial charge in [0.2, 0.25) is 11.8 Å². The first-order valence-corrected chi connectivity index (χ1v) is 10.7. The molecule has 0 heterocycles. The van der Waals surface area contributed by atoms with Gasteiger partial charge in [-0.1, -0.05) is 48.5 Å². The number of carboxylic acids is 1. The van der Waals surface area contributed by atoms with Gasteiger partial charge in [0, 0.05) is 17.0 Å². The molecule has 3 aromatic carbocycles. The molecule has 0 radical (unpaired) electrons. The fourth-order valence-electron chi connectivity index (χ4n) is 2.89. The number of thioether (sulfide) groups is 1. The second-order valence-electron chi connectivity index (χ2n) is 6.85. The summed E-state index contributed by atoms with van der Waals surface area (Å²) >= 11 is 1.25. The predicted molar refractivity (Wildman–Crippen MR) is 122 cm³/mol. The predicted octanol–water partition coefficient (Wildman–Crippen LogP) is 5.10. The molecule has 0 spiro atoms. The standard InChI is InChI=1S/C24H21FN2O4S/c25-19-11-4-5-12-20(19)27-24(31)23(16-7-2-1-3-8-16)32-18-10-6-9-17(15-18)26-21(28)13-14-22(29)30/h1-12,15,23H,13-14H2,(H,26,28)(H,27,31)(H,29,30). The van der Waals surface area contributed by atoms with Crippen molar-refractivity contribution >= 4 is 40.9 Å². The minimum absolute atomic E-state index is 0.0958. The van der Waals surface area contributed by atoms with Gasteiger partial charge in [-0.3, -0.25) is 14.4 Å². The summed E-state index contributed by atoms with van der Waals surface area (Å²) in [5.74, 6) is -2.37. The van der Waals surface area contributed by atoms with Crippen LogP contribution >= 0.6 is 11.8 Å². The van der Waals surface area contributed by atoms with Crippen LogP contribution in [0, 0.1) is 5.82 Å². The molecule has 0 aliphatic heterocycles. The third-order valence-corrected chi connectivity index (χ3v) is 5.66. The molecule has 6 nitrogen and oxygen atoms in total. The van der Waals surface area contributed by atoms with E-state index in [-0.39, 0.29) is 24.4 Å². The zero-order chi connectivity index (χ0) is 22.9. The number of para-hydroxylation sites is 1. The number of halogens is 1. The minimum Gasteiger partial charge on any atom is -0.481 e. The molecule has 8 heteroatoms. The molecule has 1 atom stereocenters. The first-order valence-electron chi connectivity index (χ1n) is 9.81. The molecule has 0 saturated carbocycles. The SMILES string of the molecule is O=C(O)CCC(=O)Nc1cccc(SC(C(=O)Nc2ccccc2F)c2ccccc2)c1. The van der Waals surface area contributed by atoms with E-state index in [1.165, 1.54) is 23.9 Å². The van der Waals surface area contributed by atoms with Crippen LogP contribution in [-0.4, -0.2) is 22.9 Å². The van der Waals surface area contributed by atoms with Gasteiger partial charge >= 0.3 is 5.97 Å².